The van der Waals surface area contributed by atoms with Gasteiger partial charge in [-0.3, -0.25) is 4.90 Å². The van der Waals surface area contributed by atoms with E-state index in [2.05, 4.69) is 44.0 Å². The quantitative estimate of drug-likeness (QED) is 0.885. The highest BCUT2D eigenvalue weighted by atomic mass is 16.5. The number of hydrogen-bond acceptors (Lipinski definition) is 3. The normalized spacial score (nSPS) is 21.0. The summed E-state index contributed by atoms with van der Waals surface area (Å²) in [6, 6.07) is 6.74. The Morgan fingerprint density at radius 3 is 2.58 bits per heavy atom. The number of benzene rings is 1. The molecule has 1 saturated heterocycles. The summed E-state index contributed by atoms with van der Waals surface area (Å²) in [7, 11) is 2.16. The molecule has 19 heavy (non-hydrogen) atoms. The van der Waals surface area contributed by atoms with Crippen LogP contribution < -0.4 is 5.73 Å². The molecule has 1 heterocycles. The number of rotatable bonds is 5. The second-order valence-electron chi connectivity index (χ2n) is 5.63. The Hall–Kier alpha value is -0.900. The molecule has 2 atom stereocenters. The number of ether oxygens (including phenoxy) is 1. The molecular formula is C16H26N2O. The van der Waals surface area contributed by atoms with Crippen LogP contribution in [0.25, 0.3) is 0 Å². The number of nitrogens with zero attached hydrogens (tertiary/aromatic N) is 1. The van der Waals surface area contributed by atoms with E-state index in [9.17, 15) is 0 Å². The molecule has 2 N–H and O–H groups in total. The second kappa shape index (κ2) is 6.51. The molecule has 1 fully saturated rings. The molecule has 2 unspecified atom stereocenters. The molecule has 1 aliphatic rings. The van der Waals surface area contributed by atoms with Crippen LogP contribution in [-0.4, -0.2) is 37.7 Å². The van der Waals surface area contributed by atoms with Gasteiger partial charge >= 0.3 is 0 Å². The largest absolute Gasteiger partial charge is 0.377 e. The number of likely N-dealkylation sites (N-methyl/N-ethyl adjacent to an activating group) is 1. The molecule has 3 heteroatoms. The zero-order valence-electron chi connectivity index (χ0n) is 12.4. The van der Waals surface area contributed by atoms with Crippen LogP contribution >= 0.6 is 0 Å². The molecule has 0 amide bonds. The Kier molecular flexibility index (Phi) is 4.97. The molecule has 2 rings (SSSR count). The summed E-state index contributed by atoms with van der Waals surface area (Å²) in [4.78, 5) is 2.35. The summed E-state index contributed by atoms with van der Waals surface area (Å²) >= 11 is 0. The summed E-state index contributed by atoms with van der Waals surface area (Å²) in [6.07, 6.45) is 2.74. The minimum absolute atomic E-state index is 0.283. The van der Waals surface area contributed by atoms with E-state index >= 15 is 0 Å². The Labute approximate surface area is 116 Å². The number of aryl methyl sites for hydroxylation is 2. The Balaban J connectivity index is 2.14. The maximum atomic E-state index is 6.04. The van der Waals surface area contributed by atoms with Crippen LogP contribution in [0, 0.1) is 13.8 Å². The fraction of sp³-hybridized carbons (Fsp3) is 0.625. The van der Waals surface area contributed by atoms with Crippen LogP contribution in [0.1, 0.15) is 35.6 Å². The Bertz CT molecular complexity index is 393. The molecule has 1 aliphatic heterocycles. The van der Waals surface area contributed by atoms with E-state index in [1.807, 2.05) is 0 Å². The van der Waals surface area contributed by atoms with E-state index in [0.29, 0.717) is 12.6 Å². The maximum Gasteiger partial charge on any atom is 0.0702 e. The van der Waals surface area contributed by atoms with Crippen molar-refractivity contribution in [2.24, 2.45) is 5.73 Å². The minimum Gasteiger partial charge on any atom is -0.377 e. The van der Waals surface area contributed by atoms with Crippen molar-refractivity contribution in [3.63, 3.8) is 0 Å². The highest BCUT2D eigenvalue weighted by Crippen LogP contribution is 2.26. The van der Waals surface area contributed by atoms with Crippen molar-refractivity contribution in [1.82, 2.24) is 4.90 Å². The van der Waals surface area contributed by atoms with Gasteiger partial charge in [-0.05, 0) is 50.4 Å². The number of hydrogen-bond donors (Lipinski definition) is 1. The third-order valence-electron chi connectivity index (χ3n) is 4.15. The van der Waals surface area contributed by atoms with E-state index in [1.54, 1.807) is 0 Å². The van der Waals surface area contributed by atoms with Gasteiger partial charge in [0.05, 0.1) is 6.10 Å². The first-order chi connectivity index (χ1) is 9.13. The topological polar surface area (TPSA) is 38.5 Å². The third-order valence-corrected chi connectivity index (χ3v) is 4.15. The average molecular weight is 262 g/mol. The first-order valence-corrected chi connectivity index (χ1v) is 7.21. The SMILES string of the molecule is Cc1cccc(C)c1C(CN)N(C)CC1CCCO1. The monoisotopic (exact) mass is 262 g/mol. The van der Waals surface area contributed by atoms with Gasteiger partial charge in [-0.25, -0.2) is 0 Å². The molecule has 0 bridgehead atoms. The van der Waals surface area contributed by atoms with Gasteiger partial charge in [0.1, 0.15) is 0 Å². The molecule has 0 aliphatic carbocycles. The highest BCUT2D eigenvalue weighted by molar-refractivity contribution is 5.36. The summed E-state index contributed by atoms with van der Waals surface area (Å²) < 4.78 is 5.73. The van der Waals surface area contributed by atoms with Crippen molar-refractivity contribution in [2.45, 2.75) is 38.8 Å². The van der Waals surface area contributed by atoms with Crippen LogP contribution in [0.3, 0.4) is 0 Å². The molecule has 3 nitrogen and oxygen atoms in total. The van der Waals surface area contributed by atoms with Crippen LogP contribution in [0.5, 0.6) is 0 Å². The Morgan fingerprint density at radius 2 is 2.05 bits per heavy atom. The van der Waals surface area contributed by atoms with Crippen LogP contribution in [-0.2, 0) is 4.74 Å². The van der Waals surface area contributed by atoms with Crippen molar-refractivity contribution in [3.05, 3.63) is 34.9 Å². The molecule has 0 radical (unpaired) electrons. The summed E-state index contributed by atoms with van der Waals surface area (Å²) in [5.74, 6) is 0. The van der Waals surface area contributed by atoms with Crippen molar-refractivity contribution >= 4 is 0 Å². The smallest absolute Gasteiger partial charge is 0.0702 e. The lowest BCUT2D eigenvalue weighted by molar-refractivity contribution is 0.0687. The zero-order chi connectivity index (χ0) is 13.8. The summed E-state index contributed by atoms with van der Waals surface area (Å²) in [5.41, 5.74) is 10.1. The van der Waals surface area contributed by atoms with Gasteiger partial charge in [-0.15, -0.1) is 0 Å². The van der Waals surface area contributed by atoms with Crippen molar-refractivity contribution in [3.8, 4) is 0 Å². The van der Waals surface area contributed by atoms with Crippen LogP contribution in [0.2, 0.25) is 0 Å². The predicted octanol–water partition coefficient (Wildman–Crippen LogP) is 2.41. The standard InChI is InChI=1S/C16H26N2O/c1-12-6-4-7-13(2)16(12)15(10-17)18(3)11-14-8-5-9-19-14/h4,6-7,14-15H,5,8-11,17H2,1-3H3. The third kappa shape index (κ3) is 3.35. The van der Waals surface area contributed by atoms with Gasteiger partial charge in [0.25, 0.3) is 0 Å². The molecule has 106 valence electrons. The molecular weight excluding hydrogens is 236 g/mol. The Morgan fingerprint density at radius 1 is 1.37 bits per heavy atom. The van der Waals surface area contributed by atoms with Crippen molar-refractivity contribution in [2.75, 3.05) is 26.7 Å². The maximum absolute atomic E-state index is 6.04. The van der Waals surface area contributed by atoms with Gasteiger partial charge in [-0.1, -0.05) is 18.2 Å². The first kappa shape index (κ1) is 14.5. The molecule has 0 saturated carbocycles. The first-order valence-electron chi connectivity index (χ1n) is 7.21. The van der Waals surface area contributed by atoms with Gasteiger partial charge in [-0.2, -0.15) is 0 Å². The molecule has 1 aromatic rings. The summed E-state index contributed by atoms with van der Waals surface area (Å²) in [5, 5.41) is 0. The van der Waals surface area contributed by atoms with Crippen LogP contribution in [0.15, 0.2) is 18.2 Å². The van der Waals surface area contributed by atoms with E-state index in [1.165, 1.54) is 29.5 Å². The lowest BCUT2D eigenvalue weighted by Crippen LogP contribution is -2.36. The van der Waals surface area contributed by atoms with E-state index in [0.717, 1.165) is 13.2 Å². The van der Waals surface area contributed by atoms with E-state index in [4.69, 9.17) is 10.5 Å². The summed E-state index contributed by atoms with van der Waals surface area (Å²) in [6.45, 7) is 6.87. The van der Waals surface area contributed by atoms with Gasteiger partial charge in [0.15, 0.2) is 0 Å². The average Bonchev–Trinajstić information content (AvgIpc) is 2.86. The van der Waals surface area contributed by atoms with Gasteiger partial charge < -0.3 is 10.5 Å². The molecule has 0 aromatic heterocycles. The predicted molar refractivity (Wildman–Crippen MR) is 79.3 cm³/mol. The molecule has 1 aromatic carbocycles. The molecule has 0 spiro atoms. The zero-order valence-corrected chi connectivity index (χ0v) is 12.4. The van der Waals surface area contributed by atoms with E-state index < -0.39 is 0 Å². The lowest BCUT2D eigenvalue weighted by Gasteiger charge is -2.31. The lowest BCUT2D eigenvalue weighted by atomic mass is 9.95. The van der Waals surface area contributed by atoms with Crippen LogP contribution in [0.4, 0.5) is 0 Å². The van der Waals surface area contributed by atoms with Crippen molar-refractivity contribution < 1.29 is 4.74 Å². The number of nitrogens with two attached hydrogens (primary N) is 1. The second-order valence-corrected chi connectivity index (χ2v) is 5.63. The van der Waals surface area contributed by atoms with E-state index in [-0.39, 0.29) is 6.04 Å². The van der Waals surface area contributed by atoms with Gasteiger partial charge in [0.2, 0.25) is 0 Å². The minimum atomic E-state index is 0.283. The fourth-order valence-corrected chi connectivity index (χ4v) is 3.11. The highest BCUT2D eigenvalue weighted by Gasteiger charge is 2.24. The fourth-order valence-electron chi connectivity index (χ4n) is 3.11. The van der Waals surface area contributed by atoms with Gasteiger partial charge in [0, 0.05) is 25.7 Å². The van der Waals surface area contributed by atoms with Crippen molar-refractivity contribution in [1.29, 1.82) is 0 Å².